The van der Waals surface area contributed by atoms with E-state index < -0.39 is 23.8 Å². The van der Waals surface area contributed by atoms with Crippen LogP contribution in [0.5, 0.6) is 5.75 Å². The third kappa shape index (κ3) is 7.17. The Morgan fingerprint density at radius 1 is 1.19 bits per heavy atom. The van der Waals surface area contributed by atoms with Gasteiger partial charge in [0, 0.05) is 6.42 Å². The maximum atomic E-state index is 10.4. The molecule has 116 valence electrons. The predicted molar refractivity (Wildman–Crippen MR) is 73.7 cm³/mol. The van der Waals surface area contributed by atoms with Crippen LogP contribution in [0.3, 0.4) is 0 Å². The van der Waals surface area contributed by atoms with E-state index in [2.05, 4.69) is 0 Å². The zero-order valence-electron chi connectivity index (χ0n) is 11.1. The van der Waals surface area contributed by atoms with Gasteiger partial charge in [-0.25, -0.2) is 4.79 Å². The lowest BCUT2D eigenvalue weighted by molar-refractivity contribution is -0.142. The lowest BCUT2D eigenvalue weighted by atomic mass is 10.1. The summed E-state index contributed by atoms with van der Waals surface area (Å²) >= 11 is 5.44. The summed E-state index contributed by atoms with van der Waals surface area (Å²) < 4.78 is 0. The maximum Gasteiger partial charge on any atom is 0.339 e. The molecule has 0 bridgehead atoms. The molecule has 0 aromatic heterocycles. The second-order valence-electron chi connectivity index (χ2n) is 4.11. The van der Waals surface area contributed by atoms with Crippen molar-refractivity contribution < 1.29 is 34.8 Å². The Labute approximate surface area is 125 Å². The monoisotopic (exact) mass is 318 g/mol. The van der Waals surface area contributed by atoms with E-state index in [4.69, 9.17) is 32.0 Å². The van der Waals surface area contributed by atoms with Gasteiger partial charge in [-0.3, -0.25) is 9.59 Å². The molecule has 0 saturated carbocycles. The van der Waals surface area contributed by atoms with Gasteiger partial charge < -0.3 is 20.4 Å². The van der Waals surface area contributed by atoms with Crippen molar-refractivity contribution in [1.82, 2.24) is 0 Å². The number of carbonyl (C=O) groups is 3. The van der Waals surface area contributed by atoms with Crippen LogP contribution in [0, 0.1) is 5.92 Å². The van der Waals surface area contributed by atoms with Gasteiger partial charge >= 0.3 is 17.9 Å². The van der Waals surface area contributed by atoms with E-state index >= 15 is 0 Å². The molecule has 0 spiro atoms. The summed E-state index contributed by atoms with van der Waals surface area (Å²) in [5.41, 5.74) is -0.183. The van der Waals surface area contributed by atoms with E-state index in [1.165, 1.54) is 25.1 Å². The number of hydrogen-bond acceptors (Lipinski definition) is 4. The highest BCUT2D eigenvalue weighted by molar-refractivity contribution is 6.32. The molecule has 8 heteroatoms. The van der Waals surface area contributed by atoms with Crippen molar-refractivity contribution in [2.75, 3.05) is 0 Å². The van der Waals surface area contributed by atoms with Gasteiger partial charge in [-0.1, -0.05) is 24.6 Å². The second kappa shape index (κ2) is 8.80. The van der Waals surface area contributed by atoms with Crippen molar-refractivity contribution in [3.63, 3.8) is 0 Å². The first-order valence-electron chi connectivity index (χ1n) is 5.82. The van der Waals surface area contributed by atoms with E-state index in [9.17, 15) is 14.4 Å². The molecule has 21 heavy (non-hydrogen) atoms. The number of rotatable bonds is 5. The van der Waals surface area contributed by atoms with Gasteiger partial charge in [0.1, 0.15) is 11.3 Å². The normalized spacial score (nSPS) is 11.0. The van der Waals surface area contributed by atoms with Crippen LogP contribution in [-0.2, 0) is 9.59 Å². The first kappa shape index (κ1) is 18.7. The highest BCUT2D eigenvalue weighted by Gasteiger charge is 2.12. The molecule has 0 aliphatic heterocycles. The van der Waals surface area contributed by atoms with Crippen LogP contribution in [0.1, 0.15) is 30.1 Å². The maximum absolute atomic E-state index is 10.4. The SMILES string of the molecule is CC(CCC(=O)O)C(=O)O.O=C(O)c1cccc(Cl)c1O. The smallest absolute Gasteiger partial charge is 0.339 e. The van der Waals surface area contributed by atoms with Crippen LogP contribution in [0.4, 0.5) is 0 Å². The minimum Gasteiger partial charge on any atom is -0.505 e. The van der Waals surface area contributed by atoms with E-state index in [0.29, 0.717) is 0 Å². The highest BCUT2D eigenvalue weighted by Crippen LogP contribution is 2.26. The predicted octanol–water partition coefficient (Wildman–Crippen LogP) is 2.32. The quantitative estimate of drug-likeness (QED) is 0.654. The molecule has 0 radical (unpaired) electrons. The zero-order chi connectivity index (χ0) is 16.6. The molecule has 1 rings (SSSR count). The van der Waals surface area contributed by atoms with E-state index in [-0.39, 0.29) is 29.2 Å². The van der Waals surface area contributed by atoms with Crippen molar-refractivity contribution in [2.24, 2.45) is 5.92 Å². The fourth-order valence-electron chi connectivity index (χ4n) is 1.15. The van der Waals surface area contributed by atoms with Gasteiger partial charge in [-0.05, 0) is 18.6 Å². The summed E-state index contributed by atoms with van der Waals surface area (Å²) in [4.78, 5) is 30.4. The number of aromatic hydroxyl groups is 1. The molecule has 7 nitrogen and oxygen atoms in total. The lowest BCUT2D eigenvalue weighted by Gasteiger charge is -2.01. The van der Waals surface area contributed by atoms with E-state index in [0.717, 1.165) is 0 Å². The van der Waals surface area contributed by atoms with E-state index in [1.807, 2.05) is 0 Å². The topological polar surface area (TPSA) is 132 Å². The Balaban J connectivity index is 0.000000384. The van der Waals surface area contributed by atoms with Gasteiger partial charge in [0.15, 0.2) is 0 Å². The molecular formula is C13H15ClO7. The average molecular weight is 319 g/mol. The van der Waals surface area contributed by atoms with Crippen LogP contribution >= 0.6 is 11.6 Å². The molecule has 0 heterocycles. The molecule has 0 amide bonds. The largest absolute Gasteiger partial charge is 0.505 e. The van der Waals surface area contributed by atoms with Gasteiger partial charge in [-0.2, -0.15) is 0 Å². The molecule has 1 aromatic rings. The number of phenols is 1. The first-order valence-corrected chi connectivity index (χ1v) is 6.20. The van der Waals surface area contributed by atoms with Gasteiger partial charge in [-0.15, -0.1) is 0 Å². The average Bonchev–Trinajstić information content (AvgIpc) is 2.39. The zero-order valence-corrected chi connectivity index (χ0v) is 11.9. The van der Waals surface area contributed by atoms with Crippen molar-refractivity contribution >= 4 is 29.5 Å². The molecule has 0 fully saturated rings. The molecule has 0 saturated heterocycles. The molecule has 1 atom stereocenters. The van der Waals surface area contributed by atoms with Gasteiger partial charge in [0.05, 0.1) is 10.9 Å². The number of carboxylic acids is 3. The number of para-hydroxylation sites is 1. The number of carboxylic acid groups (broad SMARTS) is 3. The number of halogens is 1. The van der Waals surface area contributed by atoms with Crippen molar-refractivity contribution in [1.29, 1.82) is 0 Å². The van der Waals surface area contributed by atoms with Crippen LogP contribution in [0.15, 0.2) is 18.2 Å². The van der Waals surface area contributed by atoms with Gasteiger partial charge in [0.2, 0.25) is 0 Å². The summed E-state index contributed by atoms with van der Waals surface area (Å²) in [7, 11) is 0. The van der Waals surface area contributed by atoms with E-state index in [1.54, 1.807) is 0 Å². The van der Waals surface area contributed by atoms with Crippen LogP contribution in [0.25, 0.3) is 0 Å². The fourth-order valence-corrected chi connectivity index (χ4v) is 1.33. The van der Waals surface area contributed by atoms with Crippen LogP contribution in [-0.4, -0.2) is 38.3 Å². The van der Waals surface area contributed by atoms with Crippen molar-refractivity contribution in [3.05, 3.63) is 28.8 Å². The summed E-state index contributed by atoms with van der Waals surface area (Å²) in [6.07, 6.45) is 0.123. The fraction of sp³-hybridized carbons (Fsp3) is 0.308. The minimum absolute atomic E-state index is 0.0462. The first-order chi connectivity index (χ1) is 9.66. The lowest BCUT2D eigenvalue weighted by Crippen LogP contribution is -2.11. The number of aliphatic carboxylic acids is 2. The Bertz CT molecular complexity index is 527. The summed E-state index contributed by atoms with van der Waals surface area (Å²) in [5.74, 6) is -4.03. The summed E-state index contributed by atoms with van der Waals surface area (Å²) in [6.45, 7) is 1.49. The number of aromatic carboxylic acids is 1. The molecule has 1 unspecified atom stereocenters. The Kier molecular flexibility index (Phi) is 7.85. The number of benzene rings is 1. The standard InChI is InChI=1S/C7H5ClO3.C6H10O4/c8-5-3-1-2-4(6(5)9)7(10)11;1-4(6(9)10)2-3-5(7)8/h1-3,9H,(H,10,11);4H,2-3H2,1H3,(H,7,8)(H,9,10). The van der Waals surface area contributed by atoms with Crippen LogP contribution < -0.4 is 0 Å². The third-order valence-corrected chi connectivity index (χ3v) is 2.73. The number of hydrogen-bond donors (Lipinski definition) is 4. The second-order valence-corrected chi connectivity index (χ2v) is 4.52. The molecular weight excluding hydrogens is 304 g/mol. The Hall–Kier alpha value is -2.28. The third-order valence-electron chi connectivity index (χ3n) is 2.43. The highest BCUT2D eigenvalue weighted by atomic mass is 35.5. The van der Waals surface area contributed by atoms with Gasteiger partial charge in [0.25, 0.3) is 0 Å². The minimum atomic E-state index is -1.19. The molecule has 0 aliphatic carbocycles. The molecule has 0 aliphatic rings. The van der Waals surface area contributed by atoms with Crippen LogP contribution in [0.2, 0.25) is 5.02 Å². The summed E-state index contributed by atoms with van der Waals surface area (Å²) in [5, 5.41) is 34.0. The van der Waals surface area contributed by atoms with Crippen molar-refractivity contribution in [2.45, 2.75) is 19.8 Å². The molecule has 4 N–H and O–H groups in total. The van der Waals surface area contributed by atoms with Crippen molar-refractivity contribution in [3.8, 4) is 5.75 Å². The summed E-state index contributed by atoms with van der Waals surface area (Å²) in [6, 6.07) is 4.17. The molecule has 1 aromatic carbocycles. The Morgan fingerprint density at radius 3 is 2.14 bits per heavy atom. The Morgan fingerprint density at radius 2 is 1.76 bits per heavy atom.